The number of alkyl halides is 1. The molecule has 0 saturated heterocycles. The van der Waals surface area contributed by atoms with Crippen LogP contribution < -0.4 is 0 Å². The highest BCUT2D eigenvalue weighted by atomic mass is 79.9. The zero-order valence-corrected chi connectivity index (χ0v) is 12.6. The first-order valence-corrected chi connectivity index (χ1v) is 7.03. The van der Waals surface area contributed by atoms with Crippen LogP contribution in [0.4, 0.5) is 0 Å². The summed E-state index contributed by atoms with van der Waals surface area (Å²) in [5.74, 6) is 0.756. The van der Waals surface area contributed by atoms with E-state index in [4.69, 9.17) is 11.6 Å². The predicted octanol–water partition coefficient (Wildman–Crippen LogP) is 5.44. The van der Waals surface area contributed by atoms with E-state index in [9.17, 15) is 0 Å². The summed E-state index contributed by atoms with van der Waals surface area (Å²) in [5, 5.41) is 0.871. The molecule has 2 heteroatoms. The van der Waals surface area contributed by atoms with Crippen molar-refractivity contribution in [1.82, 2.24) is 0 Å². The van der Waals surface area contributed by atoms with Gasteiger partial charge in [-0.2, -0.15) is 0 Å². The molecule has 1 aromatic rings. The van der Waals surface area contributed by atoms with E-state index in [0.29, 0.717) is 10.2 Å². The molecule has 0 aliphatic heterocycles. The Morgan fingerprint density at radius 2 is 1.88 bits per heavy atom. The van der Waals surface area contributed by atoms with Gasteiger partial charge in [-0.1, -0.05) is 47.4 Å². The maximum atomic E-state index is 6.13. The Kier molecular flexibility index (Phi) is 3.13. The van der Waals surface area contributed by atoms with E-state index < -0.39 is 0 Å². The summed E-state index contributed by atoms with van der Waals surface area (Å²) >= 11 is 9.98. The first-order chi connectivity index (χ1) is 7.33. The number of benzene rings is 1. The lowest BCUT2D eigenvalue weighted by molar-refractivity contribution is 0.554. The lowest BCUT2D eigenvalue weighted by Crippen LogP contribution is -2.01. The van der Waals surface area contributed by atoms with Crippen LogP contribution in [0.1, 0.15) is 41.8 Å². The number of halogens is 2. The van der Waals surface area contributed by atoms with E-state index in [0.717, 1.165) is 10.9 Å². The highest BCUT2D eigenvalue weighted by Gasteiger charge is 2.49. The normalized spacial score (nSPS) is 24.2. The Balaban J connectivity index is 2.31. The molecule has 1 aliphatic carbocycles. The molecule has 16 heavy (non-hydrogen) atoms. The van der Waals surface area contributed by atoms with E-state index in [2.05, 4.69) is 55.8 Å². The van der Waals surface area contributed by atoms with E-state index in [1.54, 1.807) is 0 Å². The molecule has 0 nitrogen and oxygen atoms in total. The standard InChI is InChI=1S/C14H18BrCl/c1-8-6-12(16)9(2)5-10(8)13(15)11-7-14(11,3)4/h5-6,11,13H,7H2,1-4H3. The van der Waals surface area contributed by atoms with Gasteiger partial charge in [0.05, 0.1) is 0 Å². The maximum Gasteiger partial charge on any atom is 0.0438 e. The fraction of sp³-hybridized carbons (Fsp3) is 0.571. The Labute approximate surface area is 112 Å². The van der Waals surface area contributed by atoms with E-state index >= 15 is 0 Å². The fourth-order valence-corrected chi connectivity index (χ4v) is 3.94. The Bertz CT molecular complexity index is 423. The SMILES string of the molecule is Cc1cc(C(Br)C2CC2(C)C)c(C)cc1Cl. The highest BCUT2D eigenvalue weighted by molar-refractivity contribution is 9.09. The van der Waals surface area contributed by atoms with Gasteiger partial charge in [0.2, 0.25) is 0 Å². The monoisotopic (exact) mass is 300 g/mol. The molecule has 0 heterocycles. The van der Waals surface area contributed by atoms with Gasteiger partial charge in [-0.25, -0.2) is 0 Å². The minimum Gasteiger partial charge on any atom is -0.0840 e. The van der Waals surface area contributed by atoms with Crippen LogP contribution >= 0.6 is 27.5 Å². The van der Waals surface area contributed by atoms with Crippen molar-refractivity contribution >= 4 is 27.5 Å². The van der Waals surface area contributed by atoms with Gasteiger partial charge < -0.3 is 0 Å². The molecule has 88 valence electrons. The quantitative estimate of drug-likeness (QED) is 0.638. The third-order valence-corrected chi connectivity index (χ3v) is 5.33. The Morgan fingerprint density at radius 3 is 2.38 bits per heavy atom. The van der Waals surface area contributed by atoms with Crippen molar-refractivity contribution in [3.8, 4) is 0 Å². The molecule has 0 bridgehead atoms. The molecular weight excluding hydrogens is 284 g/mol. The van der Waals surface area contributed by atoms with Gasteiger partial charge in [0, 0.05) is 9.85 Å². The third-order valence-electron chi connectivity index (χ3n) is 3.79. The molecule has 0 N–H and O–H groups in total. The van der Waals surface area contributed by atoms with E-state index in [1.807, 2.05) is 0 Å². The molecule has 2 atom stereocenters. The minimum atomic E-state index is 0.471. The molecule has 0 aromatic heterocycles. The largest absolute Gasteiger partial charge is 0.0840 e. The van der Waals surface area contributed by atoms with Gasteiger partial charge in [-0.3, -0.25) is 0 Å². The number of aryl methyl sites for hydroxylation is 2. The van der Waals surface area contributed by atoms with Gasteiger partial charge >= 0.3 is 0 Å². The second-order valence-electron chi connectivity index (χ2n) is 5.66. The highest BCUT2D eigenvalue weighted by Crippen LogP contribution is 2.60. The first-order valence-electron chi connectivity index (χ1n) is 5.73. The van der Waals surface area contributed by atoms with Crippen LogP contribution in [0, 0.1) is 25.2 Å². The summed E-state index contributed by atoms with van der Waals surface area (Å²) < 4.78 is 0. The molecule has 1 aromatic carbocycles. The molecule has 2 unspecified atom stereocenters. The topological polar surface area (TPSA) is 0 Å². The zero-order valence-electron chi connectivity index (χ0n) is 10.3. The van der Waals surface area contributed by atoms with Gasteiger partial charge in [-0.15, -0.1) is 0 Å². The Morgan fingerprint density at radius 1 is 1.31 bits per heavy atom. The van der Waals surface area contributed by atoms with Crippen LogP contribution in [0.5, 0.6) is 0 Å². The van der Waals surface area contributed by atoms with E-state index in [1.165, 1.54) is 23.1 Å². The second-order valence-corrected chi connectivity index (χ2v) is 7.05. The van der Waals surface area contributed by atoms with Crippen LogP contribution in [0.15, 0.2) is 12.1 Å². The smallest absolute Gasteiger partial charge is 0.0438 e. The molecular formula is C14H18BrCl. The van der Waals surface area contributed by atoms with Crippen molar-refractivity contribution in [1.29, 1.82) is 0 Å². The number of hydrogen-bond donors (Lipinski definition) is 0. The summed E-state index contributed by atoms with van der Waals surface area (Å²) in [7, 11) is 0. The van der Waals surface area contributed by atoms with Crippen LogP contribution in [-0.4, -0.2) is 0 Å². The van der Waals surface area contributed by atoms with Crippen molar-refractivity contribution in [2.75, 3.05) is 0 Å². The zero-order chi connectivity index (χ0) is 12.1. The lowest BCUT2D eigenvalue weighted by atomic mass is 9.97. The number of hydrogen-bond acceptors (Lipinski definition) is 0. The summed E-state index contributed by atoms with van der Waals surface area (Å²) in [5.41, 5.74) is 4.36. The fourth-order valence-electron chi connectivity index (χ4n) is 2.32. The van der Waals surface area contributed by atoms with Crippen LogP contribution in [0.3, 0.4) is 0 Å². The molecule has 1 saturated carbocycles. The van der Waals surface area contributed by atoms with Crippen LogP contribution in [-0.2, 0) is 0 Å². The maximum absolute atomic E-state index is 6.13. The average Bonchev–Trinajstić information content (AvgIpc) is 2.80. The molecule has 0 spiro atoms. The third kappa shape index (κ3) is 2.17. The molecule has 2 rings (SSSR count). The lowest BCUT2D eigenvalue weighted by Gasteiger charge is -2.16. The van der Waals surface area contributed by atoms with Crippen molar-refractivity contribution < 1.29 is 0 Å². The second kappa shape index (κ2) is 4.03. The summed E-state index contributed by atoms with van der Waals surface area (Å²) in [6.45, 7) is 8.89. The van der Waals surface area contributed by atoms with Crippen molar-refractivity contribution in [2.24, 2.45) is 11.3 Å². The molecule has 1 fully saturated rings. The minimum absolute atomic E-state index is 0.471. The van der Waals surface area contributed by atoms with Crippen LogP contribution in [0.25, 0.3) is 0 Å². The predicted molar refractivity (Wildman–Crippen MR) is 74.5 cm³/mol. The summed E-state index contributed by atoms with van der Waals surface area (Å²) in [4.78, 5) is 0.471. The van der Waals surface area contributed by atoms with E-state index in [-0.39, 0.29) is 0 Å². The molecule has 0 amide bonds. The van der Waals surface area contributed by atoms with Gasteiger partial charge in [0.1, 0.15) is 0 Å². The van der Waals surface area contributed by atoms with Gasteiger partial charge in [0.25, 0.3) is 0 Å². The summed E-state index contributed by atoms with van der Waals surface area (Å²) in [6, 6.07) is 4.31. The first kappa shape index (κ1) is 12.4. The van der Waals surface area contributed by atoms with Crippen molar-refractivity contribution in [3.63, 3.8) is 0 Å². The van der Waals surface area contributed by atoms with Crippen LogP contribution in [0.2, 0.25) is 5.02 Å². The van der Waals surface area contributed by atoms with Gasteiger partial charge in [0.15, 0.2) is 0 Å². The molecule has 0 radical (unpaired) electrons. The van der Waals surface area contributed by atoms with Gasteiger partial charge in [-0.05, 0) is 54.4 Å². The number of rotatable bonds is 2. The average molecular weight is 302 g/mol. The van der Waals surface area contributed by atoms with Crippen molar-refractivity contribution in [3.05, 3.63) is 33.8 Å². The Hall–Kier alpha value is -0.0100. The molecule has 1 aliphatic rings. The summed E-state index contributed by atoms with van der Waals surface area (Å²) in [6.07, 6.45) is 1.31. The van der Waals surface area contributed by atoms with Crippen molar-refractivity contribution in [2.45, 2.75) is 38.9 Å².